The number of amides is 1. The fourth-order valence-electron chi connectivity index (χ4n) is 1.87. The quantitative estimate of drug-likeness (QED) is 0.810. The van der Waals surface area contributed by atoms with E-state index in [1.807, 2.05) is 27.7 Å². The Bertz CT molecular complexity index is 480. The van der Waals surface area contributed by atoms with Crippen molar-refractivity contribution in [2.75, 3.05) is 6.54 Å². The number of ether oxygens (including phenoxy) is 1. The number of carboxylic acids is 1. The highest BCUT2D eigenvalue weighted by atomic mass is 16.5. The first kappa shape index (κ1) is 17.0. The first-order valence-corrected chi connectivity index (χ1v) is 7.09. The number of nitrogens with one attached hydrogen (secondary N) is 1. The Hall–Kier alpha value is -2.04. The Morgan fingerprint density at radius 1 is 1.14 bits per heavy atom. The molecule has 116 valence electrons. The number of carboxylic acid groups (broad SMARTS) is 1. The average molecular weight is 293 g/mol. The van der Waals surface area contributed by atoms with Gasteiger partial charge >= 0.3 is 5.97 Å². The lowest BCUT2D eigenvalue weighted by molar-refractivity contribution is -0.142. The van der Waals surface area contributed by atoms with Crippen LogP contribution in [0.15, 0.2) is 24.3 Å². The molecule has 2 N–H and O–H groups in total. The van der Waals surface area contributed by atoms with Crippen molar-refractivity contribution in [1.82, 2.24) is 5.32 Å². The van der Waals surface area contributed by atoms with Gasteiger partial charge in [-0.25, -0.2) is 0 Å². The van der Waals surface area contributed by atoms with Crippen LogP contribution in [0.25, 0.3) is 0 Å². The molecule has 0 aliphatic carbocycles. The molecule has 0 aliphatic rings. The topological polar surface area (TPSA) is 75.6 Å². The number of rotatable bonds is 7. The van der Waals surface area contributed by atoms with Gasteiger partial charge in [0.15, 0.2) is 0 Å². The minimum Gasteiger partial charge on any atom is -0.491 e. The monoisotopic (exact) mass is 293 g/mol. The van der Waals surface area contributed by atoms with Crippen molar-refractivity contribution in [1.29, 1.82) is 0 Å². The molecule has 0 fully saturated rings. The van der Waals surface area contributed by atoms with Gasteiger partial charge in [0.2, 0.25) is 0 Å². The van der Waals surface area contributed by atoms with Crippen molar-refractivity contribution >= 4 is 11.9 Å². The van der Waals surface area contributed by atoms with Gasteiger partial charge in [-0.2, -0.15) is 0 Å². The van der Waals surface area contributed by atoms with Crippen LogP contribution in [0.2, 0.25) is 0 Å². The molecule has 0 aromatic heterocycles. The second kappa shape index (κ2) is 7.67. The minimum absolute atomic E-state index is 0.0374. The number of aliphatic carboxylic acids is 1. The highest BCUT2D eigenvalue weighted by molar-refractivity contribution is 5.94. The summed E-state index contributed by atoms with van der Waals surface area (Å²) in [5.41, 5.74) is 0.485. The lowest BCUT2D eigenvalue weighted by atomic mass is 9.96. The Morgan fingerprint density at radius 3 is 2.14 bits per heavy atom. The number of carbonyl (C=O) groups excluding carboxylic acids is 1. The summed E-state index contributed by atoms with van der Waals surface area (Å²) in [5, 5.41) is 11.7. The summed E-state index contributed by atoms with van der Waals surface area (Å²) < 4.78 is 5.50. The summed E-state index contributed by atoms with van der Waals surface area (Å²) in [6.07, 6.45) is 0.0760. The molecule has 0 radical (unpaired) electrons. The average Bonchev–Trinajstić information content (AvgIpc) is 2.38. The molecule has 0 saturated heterocycles. The van der Waals surface area contributed by atoms with Crippen LogP contribution in [0, 0.1) is 11.8 Å². The van der Waals surface area contributed by atoms with E-state index < -0.39 is 11.9 Å². The normalized spacial score (nSPS) is 12.3. The number of benzene rings is 1. The van der Waals surface area contributed by atoms with Gasteiger partial charge in [0.1, 0.15) is 5.75 Å². The summed E-state index contributed by atoms with van der Waals surface area (Å²) in [4.78, 5) is 23.1. The van der Waals surface area contributed by atoms with Gasteiger partial charge in [0, 0.05) is 12.1 Å². The molecule has 5 nitrogen and oxygen atoms in total. The maximum atomic E-state index is 12.0. The minimum atomic E-state index is -0.897. The van der Waals surface area contributed by atoms with Crippen LogP contribution in [0.1, 0.15) is 38.1 Å². The molecule has 1 aromatic rings. The van der Waals surface area contributed by atoms with E-state index in [1.54, 1.807) is 24.3 Å². The maximum Gasteiger partial charge on any atom is 0.308 e. The van der Waals surface area contributed by atoms with Crippen LogP contribution in [0.3, 0.4) is 0 Å². The highest BCUT2D eigenvalue weighted by Crippen LogP contribution is 2.14. The van der Waals surface area contributed by atoms with Crippen LogP contribution >= 0.6 is 0 Å². The van der Waals surface area contributed by atoms with Gasteiger partial charge in [-0.1, -0.05) is 13.8 Å². The zero-order valence-electron chi connectivity index (χ0n) is 12.9. The van der Waals surface area contributed by atoms with Gasteiger partial charge in [-0.3, -0.25) is 9.59 Å². The molecule has 1 atom stereocenters. The number of hydrogen-bond acceptors (Lipinski definition) is 3. The largest absolute Gasteiger partial charge is 0.491 e. The summed E-state index contributed by atoms with van der Waals surface area (Å²) >= 11 is 0. The summed E-state index contributed by atoms with van der Waals surface area (Å²) in [7, 11) is 0. The molecule has 1 unspecified atom stereocenters. The Morgan fingerprint density at radius 2 is 1.71 bits per heavy atom. The lowest BCUT2D eigenvalue weighted by Crippen LogP contribution is -2.35. The van der Waals surface area contributed by atoms with Crippen molar-refractivity contribution in [2.24, 2.45) is 11.8 Å². The van der Waals surface area contributed by atoms with E-state index in [0.717, 1.165) is 0 Å². The predicted octanol–water partition coefficient (Wildman–Crippen LogP) is 2.56. The second-order valence-electron chi connectivity index (χ2n) is 5.59. The van der Waals surface area contributed by atoms with Crippen LogP contribution < -0.4 is 10.1 Å². The smallest absolute Gasteiger partial charge is 0.308 e. The third kappa shape index (κ3) is 5.45. The van der Waals surface area contributed by atoms with E-state index in [-0.39, 0.29) is 24.5 Å². The van der Waals surface area contributed by atoms with E-state index in [1.165, 1.54) is 0 Å². The van der Waals surface area contributed by atoms with Crippen LogP contribution in [0.5, 0.6) is 5.75 Å². The Balaban J connectivity index is 2.61. The van der Waals surface area contributed by atoms with Gasteiger partial charge < -0.3 is 15.2 Å². The first-order chi connectivity index (χ1) is 9.81. The number of hydrogen-bond donors (Lipinski definition) is 2. The van der Waals surface area contributed by atoms with Crippen LogP contribution in [-0.4, -0.2) is 29.6 Å². The molecule has 0 saturated carbocycles. The molecule has 1 rings (SSSR count). The van der Waals surface area contributed by atoms with Crippen LogP contribution in [-0.2, 0) is 4.79 Å². The second-order valence-corrected chi connectivity index (χ2v) is 5.59. The molecule has 0 spiro atoms. The molecular formula is C16H23NO4. The zero-order valence-corrected chi connectivity index (χ0v) is 12.9. The SMILES string of the molecule is CC(C)Oc1ccc(C(=O)NCC(C(=O)O)C(C)C)cc1. The van der Waals surface area contributed by atoms with Crippen molar-refractivity contribution < 1.29 is 19.4 Å². The Kier molecular flexibility index (Phi) is 6.21. The maximum absolute atomic E-state index is 12.0. The van der Waals surface area contributed by atoms with Crippen molar-refractivity contribution in [3.8, 4) is 5.75 Å². The first-order valence-electron chi connectivity index (χ1n) is 7.09. The van der Waals surface area contributed by atoms with Crippen molar-refractivity contribution in [2.45, 2.75) is 33.8 Å². The van der Waals surface area contributed by atoms with E-state index in [4.69, 9.17) is 9.84 Å². The van der Waals surface area contributed by atoms with Gasteiger partial charge in [0.25, 0.3) is 5.91 Å². The molecule has 0 aliphatic heterocycles. The van der Waals surface area contributed by atoms with E-state index in [0.29, 0.717) is 11.3 Å². The van der Waals surface area contributed by atoms with Crippen molar-refractivity contribution in [3.63, 3.8) is 0 Å². The third-order valence-electron chi connectivity index (χ3n) is 3.09. The summed E-state index contributed by atoms with van der Waals surface area (Å²) in [6.45, 7) is 7.62. The van der Waals surface area contributed by atoms with Crippen molar-refractivity contribution in [3.05, 3.63) is 29.8 Å². The fraction of sp³-hybridized carbons (Fsp3) is 0.500. The molecule has 21 heavy (non-hydrogen) atoms. The third-order valence-corrected chi connectivity index (χ3v) is 3.09. The molecule has 0 bridgehead atoms. The Labute approximate surface area is 125 Å². The predicted molar refractivity (Wildman–Crippen MR) is 80.5 cm³/mol. The van der Waals surface area contributed by atoms with Gasteiger partial charge in [0.05, 0.1) is 12.0 Å². The standard InChI is InChI=1S/C16H23NO4/c1-10(2)14(16(19)20)9-17-15(18)12-5-7-13(8-6-12)21-11(3)4/h5-8,10-11,14H,9H2,1-4H3,(H,17,18)(H,19,20). The number of carbonyl (C=O) groups is 2. The van der Waals surface area contributed by atoms with Crippen LogP contribution in [0.4, 0.5) is 0 Å². The molecule has 0 heterocycles. The lowest BCUT2D eigenvalue weighted by Gasteiger charge is -2.16. The van der Waals surface area contributed by atoms with E-state index in [2.05, 4.69) is 5.32 Å². The molecular weight excluding hydrogens is 270 g/mol. The van der Waals surface area contributed by atoms with E-state index >= 15 is 0 Å². The molecule has 1 aromatic carbocycles. The molecule has 5 heteroatoms. The summed E-state index contributed by atoms with van der Waals surface area (Å²) in [5.74, 6) is -1.10. The highest BCUT2D eigenvalue weighted by Gasteiger charge is 2.22. The van der Waals surface area contributed by atoms with E-state index in [9.17, 15) is 9.59 Å². The van der Waals surface area contributed by atoms with Gasteiger partial charge in [-0.05, 0) is 44.0 Å². The zero-order chi connectivity index (χ0) is 16.0. The van der Waals surface area contributed by atoms with Gasteiger partial charge in [-0.15, -0.1) is 0 Å². The molecule has 1 amide bonds. The fourth-order valence-corrected chi connectivity index (χ4v) is 1.87. The summed E-state index contributed by atoms with van der Waals surface area (Å²) in [6, 6.07) is 6.79.